The van der Waals surface area contributed by atoms with Crippen molar-refractivity contribution in [2.75, 3.05) is 0 Å². The third-order valence-electron chi connectivity index (χ3n) is 3.95. The Bertz CT molecular complexity index is 1190. The number of aromatic nitrogens is 4. The third-order valence-corrected chi connectivity index (χ3v) is 3.95. The molecule has 0 aliphatic carbocycles. The van der Waals surface area contributed by atoms with Gasteiger partial charge in [-0.05, 0) is 26.0 Å². The molecule has 0 saturated carbocycles. The summed E-state index contributed by atoms with van der Waals surface area (Å²) in [5.41, 5.74) is -0.205. The second-order valence-electron chi connectivity index (χ2n) is 5.56. The van der Waals surface area contributed by atoms with Crippen LogP contribution >= 0.6 is 0 Å². The average molecular weight is 337 g/mol. The van der Waals surface area contributed by atoms with E-state index in [-0.39, 0.29) is 23.4 Å². The number of rotatable bonds is 3. The molecule has 0 spiro atoms. The van der Waals surface area contributed by atoms with E-state index in [1.807, 2.05) is 0 Å². The molecule has 3 rings (SSSR count). The molecular weight excluding hydrogens is 322 g/mol. The number of hydrogen-bond donors (Lipinski definition) is 0. The normalized spacial score (nSPS) is 10.8. The van der Waals surface area contributed by atoms with Crippen LogP contribution in [0.5, 0.6) is 0 Å². The van der Waals surface area contributed by atoms with E-state index in [2.05, 4.69) is 4.98 Å². The van der Waals surface area contributed by atoms with Crippen LogP contribution in [0.15, 0.2) is 44.8 Å². The van der Waals surface area contributed by atoms with Gasteiger partial charge in [-0.3, -0.25) is 23.1 Å². The maximum absolute atomic E-state index is 12.4. The highest BCUT2D eigenvalue weighted by molar-refractivity contribution is 5.40. The number of pyridine rings is 1. The van der Waals surface area contributed by atoms with Gasteiger partial charge in [0, 0.05) is 24.5 Å². The van der Waals surface area contributed by atoms with E-state index in [1.54, 1.807) is 38.1 Å². The minimum atomic E-state index is -0.691. The van der Waals surface area contributed by atoms with Gasteiger partial charge < -0.3 is 0 Å². The van der Waals surface area contributed by atoms with Gasteiger partial charge in [-0.25, -0.2) is 9.78 Å². The minimum Gasteiger partial charge on any atom is -0.299 e. The van der Waals surface area contributed by atoms with Crippen LogP contribution in [-0.2, 0) is 13.1 Å². The molecule has 0 amide bonds. The fraction of sp³-hybridized carbons (Fsp3) is 0.235. The first-order valence-corrected chi connectivity index (χ1v) is 7.69. The Hall–Kier alpha value is -3.47. The zero-order valence-corrected chi connectivity index (χ0v) is 13.8. The predicted molar refractivity (Wildman–Crippen MR) is 90.7 cm³/mol. The Morgan fingerprint density at radius 2 is 2.00 bits per heavy atom. The number of fused-ring (bicyclic) bond motifs is 1. The molecule has 8 heteroatoms. The highest BCUT2D eigenvalue weighted by atomic mass is 16.2. The van der Waals surface area contributed by atoms with Gasteiger partial charge in [0.1, 0.15) is 17.3 Å². The van der Waals surface area contributed by atoms with Gasteiger partial charge in [0.2, 0.25) is 0 Å². The van der Waals surface area contributed by atoms with Crippen molar-refractivity contribution in [1.29, 1.82) is 5.26 Å². The van der Waals surface area contributed by atoms with Crippen LogP contribution in [0.4, 0.5) is 0 Å². The third kappa shape index (κ3) is 2.76. The lowest BCUT2D eigenvalue weighted by molar-refractivity contribution is 0.591. The van der Waals surface area contributed by atoms with Crippen molar-refractivity contribution >= 4 is 5.65 Å². The van der Waals surface area contributed by atoms with Crippen molar-refractivity contribution in [2.45, 2.75) is 26.9 Å². The zero-order valence-electron chi connectivity index (χ0n) is 13.8. The van der Waals surface area contributed by atoms with Crippen LogP contribution in [0, 0.1) is 18.3 Å². The fourth-order valence-electron chi connectivity index (χ4n) is 2.70. The van der Waals surface area contributed by atoms with Crippen LogP contribution in [0.2, 0.25) is 0 Å². The van der Waals surface area contributed by atoms with Crippen LogP contribution in [0.25, 0.3) is 5.65 Å². The Balaban J connectivity index is 2.21. The first kappa shape index (κ1) is 16.4. The van der Waals surface area contributed by atoms with Crippen LogP contribution in [-0.4, -0.2) is 18.5 Å². The summed E-state index contributed by atoms with van der Waals surface area (Å²) in [6.07, 6.45) is 1.24. The largest absolute Gasteiger partial charge is 0.331 e. The lowest BCUT2D eigenvalue weighted by Gasteiger charge is -2.10. The second kappa shape index (κ2) is 6.20. The molecular formula is C17H15N5O3. The molecule has 126 valence electrons. The van der Waals surface area contributed by atoms with Gasteiger partial charge in [-0.2, -0.15) is 5.26 Å². The molecule has 0 aliphatic rings. The van der Waals surface area contributed by atoms with Gasteiger partial charge in [-0.1, -0.05) is 6.07 Å². The Morgan fingerprint density at radius 3 is 2.68 bits per heavy atom. The summed E-state index contributed by atoms with van der Waals surface area (Å²) in [6.45, 7) is 3.67. The predicted octanol–water partition coefficient (Wildman–Crippen LogP) is 0.266. The Morgan fingerprint density at radius 1 is 1.24 bits per heavy atom. The molecule has 0 aromatic carbocycles. The zero-order chi connectivity index (χ0) is 18.1. The van der Waals surface area contributed by atoms with E-state index < -0.39 is 11.2 Å². The lowest BCUT2D eigenvalue weighted by Crippen LogP contribution is -2.41. The quantitative estimate of drug-likeness (QED) is 0.682. The molecule has 3 aromatic rings. The van der Waals surface area contributed by atoms with Gasteiger partial charge in [-0.15, -0.1) is 0 Å². The van der Waals surface area contributed by atoms with E-state index in [0.29, 0.717) is 12.2 Å². The molecule has 0 atom stereocenters. The van der Waals surface area contributed by atoms with Crippen LogP contribution in [0.3, 0.4) is 0 Å². The van der Waals surface area contributed by atoms with Crippen molar-refractivity contribution in [3.05, 3.63) is 78.6 Å². The van der Waals surface area contributed by atoms with Crippen LogP contribution in [0.1, 0.15) is 23.9 Å². The minimum absolute atomic E-state index is 0.130. The van der Waals surface area contributed by atoms with Gasteiger partial charge >= 0.3 is 5.69 Å². The average Bonchev–Trinajstić information content (AvgIpc) is 2.58. The maximum Gasteiger partial charge on any atom is 0.331 e. The number of nitrogens with zero attached hydrogens (tertiary/aromatic N) is 5. The molecule has 0 aliphatic heterocycles. The molecule has 0 N–H and O–H groups in total. The van der Waals surface area contributed by atoms with E-state index >= 15 is 0 Å². The molecule has 0 fully saturated rings. The van der Waals surface area contributed by atoms with E-state index in [0.717, 1.165) is 10.3 Å². The lowest BCUT2D eigenvalue weighted by atomic mass is 10.3. The van der Waals surface area contributed by atoms with E-state index in [9.17, 15) is 14.4 Å². The summed E-state index contributed by atoms with van der Waals surface area (Å²) in [5, 5.41) is 9.09. The van der Waals surface area contributed by atoms with Gasteiger partial charge in [0.15, 0.2) is 0 Å². The highest BCUT2D eigenvalue weighted by Gasteiger charge is 2.13. The summed E-state index contributed by atoms with van der Waals surface area (Å²) >= 11 is 0. The van der Waals surface area contributed by atoms with Crippen molar-refractivity contribution in [3.8, 4) is 6.07 Å². The van der Waals surface area contributed by atoms with Crippen molar-refractivity contribution in [1.82, 2.24) is 18.5 Å². The summed E-state index contributed by atoms with van der Waals surface area (Å²) < 4.78 is 3.65. The molecule has 3 aromatic heterocycles. The molecule has 3 heterocycles. The van der Waals surface area contributed by atoms with E-state index in [4.69, 9.17) is 5.26 Å². The molecule has 0 radical (unpaired) electrons. The topological polar surface area (TPSA) is 102 Å². The van der Waals surface area contributed by atoms with Crippen molar-refractivity contribution in [2.24, 2.45) is 0 Å². The Labute approximate surface area is 141 Å². The number of aryl methyl sites for hydroxylation is 2. The van der Waals surface area contributed by atoms with Gasteiger partial charge in [0.25, 0.3) is 11.1 Å². The summed E-state index contributed by atoms with van der Waals surface area (Å²) in [7, 11) is 0. The molecule has 0 bridgehead atoms. The first-order chi connectivity index (χ1) is 12.0. The van der Waals surface area contributed by atoms with Gasteiger partial charge in [0.05, 0.1) is 12.2 Å². The molecule has 25 heavy (non-hydrogen) atoms. The SMILES string of the molecule is CCn1cc(C#N)c(=O)n(Cc2cc(=O)n3c(C)cccc3n2)c1=O. The standard InChI is InChI=1S/C17H15N5O3/c1-3-20-9-12(8-18)16(24)21(17(20)25)10-13-7-15(23)22-11(2)5-4-6-14(22)19-13/h4-7,9H,3,10H2,1-2H3. The fourth-order valence-corrected chi connectivity index (χ4v) is 2.70. The summed E-state index contributed by atoms with van der Waals surface area (Å²) in [6, 6.07) is 8.32. The molecule has 0 saturated heterocycles. The number of hydrogen-bond acceptors (Lipinski definition) is 5. The monoisotopic (exact) mass is 337 g/mol. The van der Waals surface area contributed by atoms with Crippen molar-refractivity contribution < 1.29 is 0 Å². The van der Waals surface area contributed by atoms with Crippen LogP contribution < -0.4 is 16.8 Å². The molecule has 8 nitrogen and oxygen atoms in total. The first-order valence-electron chi connectivity index (χ1n) is 7.69. The highest BCUT2D eigenvalue weighted by Crippen LogP contribution is 2.03. The summed E-state index contributed by atoms with van der Waals surface area (Å²) in [5.74, 6) is 0. The summed E-state index contributed by atoms with van der Waals surface area (Å²) in [4.78, 5) is 41.4. The second-order valence-corrected chi connectivity index (χ2v) is 5.56. The maximum atomic E-state index is 12.4. The molecule has 0 unspecified atom stereocenters. The van der Waals surface area contributed by atoms with Crippen molar-refractivity contribution in [3.63, 3.8) is 0 Å². The Kier molecular flexibility index (Phi) is 4.07. The van der Waals surface area contributed by atoms with E-state index in [1.165, 1.54) is 21.2 Å². The smallest absolute Gasteiger partial charge is 0.299 e. The number of nitriles is 1.